The third-order valence-electron chi connectivity index (χ3n) is 2.53. The predicted molar refractivity (Wildman–Crippen MR) is 68.5 cm³/mol. The number of rotatable bonds is 2. The molecule has 1 N–H and O–H groups in total. The van der Waals surface area contributed by atoms with E-state index in [9.17, 15) is 8.42 Å². The van der Waals surface area contributed by atoms with Gasteiger partial charge in [0.1, 0.15) is 0 Å². The van der Waals surface area contributed by atoms with Gasteiger partial charge in [0.05, 0.1) is 12.3 Å². The zero-order chi connectivity index (χ0) is 11.9. The van der Waals surface area contributed by atoms with E-state index in [2.05, 4.69) is 20.7 Å². The van der Waals surface area contributed by atoms with Gasteiger partial charge in [0.2, 0.25) is 10.0 Å². The predicted octanol–water partition coefficient (Wildman–Crippen LogP) is 2.46. The summed E-state index contributed by atoms with van der Waals surface area (Å²) in [4.78, 5) is 0. The first-order chi connectivity index (χ1) is 7.37. The molecule has 5 heteroatoms. The molecule has 0 aliphatic heterocycles. The van der Waals surface area contributed by atoms with Crippen molar-refractivity contribution in [2.24, 2.45) is 0 Å². The van der Waals surface area contributed by atoms with E-state index in [0.717, 1.165) is 21.2 Å². The number of fused-ring (bicyclic) bond motifs is 1. The molecule has 1 aromatic carbocycles. The van der Waals surface area contributed by atoms with E-state index in [1.54, 1.807) is 0 Å². The molecule has 1 aliphatic carbocycles. The van der Waals surface area contributed by atoms with Crippen LogP contribution in [-0.2, 0) is 10.0 Å². The van der Waals surface area contributed by atoms with Crippen molar-refractivity contribution in [3.8, 4) is 0 Å². The van der Waals surface area contributed by atoms with Gasteiger partial charge in [0.15, 0.2) is 0 Å². The quantitative estimate of drug-likeness (QED) is 0.912. The zero-order valence-electron chi connectivity index (χ0n) is 8.99. The fraction of sp³-hybridized carbons (Fsp3) is 0.273. The lowest BCUT2D eigenvalue weighted by Gasteiger charge is -2.15. The fourth-order valence-corrected chi connectivity index (χ4v) is 2.99. The van der Waals surface area contributed by atoms with E-state index in [4.69, 9.17) is 0 Å². The molecule has 0 fully saturated rings. The van der Waals surface area contributed by atoms with Crippen LogP contribution < -0.4 is 4.72 Å². The molecule has 0 saturated heterocycles. The second kappa shape index (κ2) is 3.98. The first-order valence-electron chi connectivity index (χ1n) is 4.82. The van der Waals surface area contributed by atoms with Gasteiger partial charge in [-0.05, 0) is 30.2 Å². The van der Waals surface area contributed by atoms with Crippen LogP contribution in [0.1, 0.15) is 24.1 Å². The summed E-state index contributed by atoms with van der Waals surface area (Å²) in [6.45, 7) is 1.93. The van der Waals surface area contributed by atoms with Crippen molar-refractivity contribution in [3.05, 3.63) is 39.4 Å². The first-order valence-corrected chi connectivity index (χ1v) is 7.50. The minimum absolute atomic E-state index is 0.234. The van der Waals surface area contributed by atoms with Gasteiger partial charge in [-0.2, -0.15) is 0 Å². The second-order valence-corrected chi connectivity index (χ2v) is 6.68. The molecular formula is C11H12BrNO2S. The van der Waals surface area contributed by atoms with Crippen LogP contribution in [0.5, 0.6) is 0 Å². The highest BCUT2D eigenvalue weighted by Crippen LogP contribution is 2.35. The lowest BCUT2D eigenvalue weighted by molar-refractivity contribution is 0.578. The van der Waals surface area contributed by atoms with Crippen LogP contribution in [0, 0.1) is 0 Å². The summed E-state index contributed by atoms with van der Waals surface area (Å²) in [5, 5.41) is 0. The van der Waals surface area contributed by atoms with Gasteiger partial charge in [0, 0.05) is 4.47 Å². The number of sulfonamides is 1. The minimum Gasteiger partial charge on any atom is -0.213 e. The lowest BCUT2D eigenvalue weighted by atomic mass is 10.1. The molecule has 16 heavy (non-hydrogen) atoms. The largest absolute Gasteiger partial charge is 0.213 e. The molecule has 0 heterocycles. The normalized spacial score (nSPS) is 19.4. The summed E-state index contributed by atoms with van der Waals surface area (Å²) in [5.74, 6) is 0. The highest BCUT2D eigenvalue weighted by atomic mass is 79.9. The molecule has 0 aromatic heterocycles. The fourth-order valence-electron chi connectivity index (χ4n) is 1.87. The molecule has 1 unspecified atom stereocenters. The monoisotopic (exact) mass is 301 g/mol. The van der Waals surface area contributed by atoms with Crippen LogP contribution in [0.15, 0.2) is 28.2 Å². The Labute approximate surface area is 104 Å². The lowest BCUT2D eigenvalue weighted by Crippen LogP contribution is -2.27. The smallest absolute Gasteiger partial charge is 0.209 e. The molecule has 86 valence electrons. The van der Waals surface area contributed by atoms with Gasteiger partial charge in [-0.15, -0.1) is 0 Å². The van der Waals surface area contributed by atoms with Crippen LogP contribution in [-0.4, -0.2) is 14.7 Å². The second-order valence-electron chi connectivity index (χ2n) is 3.98. The molecular weight excluding hydrogens is 290 g/mol. The van der Waals surface area contributed by atoms with E-state index in [0.29, 0.717) is 0 Å². The highest BCUT2D eigenvalue weighted by molar-refractivity contribution is 9.10. The zero-order valence-corrected chi connectivity index (χ0v) is 11.4. The third-order valence-corrected chi connectivity index (χ3v) is 3.69. The van der Waals surface area contributed by atoms with Gasteiger partial charge < -0.3 is 0 Å². The van der Waals surface area contributed by atoms with E-state index in [1.165, 1.54) is 6.26 Å². The molecule has 0 saturated carbocycles. The van der Waals surface area contributed by atoms with Crippen molar-refractivity contribution in [3.63, 3.8) is 0 Å². The van der Waals surface area contributed by atoms with Crippen molar-refractivity contribution in [2.75, 3.05) is 6.26 Å². The number of hydrogen-bond acceptors (Lipinski definition) is 2. The van der Waals surface area contributed by atoms with Gasteiger partial charge in [-0.3, -0.25) is 0 Å². The Morgan fingerprint density at radius 2 is 2.06 bits per heavy atom. The Kier molecular flexibility index (Phi) is 2.94. The Hall–Kier alpha value is -0.650. The number of nitrogens with one attached hydrogen (secondary N) is 1. The molecule has 1 aromatic rings. The molecule has 2 rings (SSSR count). The Morgan fingerprint density at radius 1 is 1.38 bits per heavy atom. The third kappa shape index (κ3) is 2.36. The summed E-state index contributed by atoms with van der Waals surface area (Å²) in [5.41, 5.74) is 3.08. The van der Waals surface area contributed by atoms with Gasteiger partial charge in [-0.25, -0.2) is 13.1 Å². The van der Waals surface area contributed by atoms with Crippen LogP contribution >= 0.6 is 15.9 Å². The molecule has 1 atom stereocenters. The highest BCUT2D eigenvalue weighted by Gasteiger charge is 2.25. The van der Waals surface area contributed by atoms with Crippen molar-refractivity contribution >= 4 is 32.0 Å². The van der Waals surface area contributed by atoms with Gasteiger partial charge in [0.25, 0.3) is 0 Å². The van der Waals surface area contributed by atoms with E-state index in [1.807, 2.05) is 31.2 Å². The van der Waals surface area contributed by atoms with Crippen molar-refractivity contribution in [2.45, 2.75) is 13.0 Å². The number of hydrogen-bond donors (Lipinski definition) is 1. The summed E-state index contributed by atoms with van der Waals surface area (Å²) < 4.78 is 26.1. The Balaban J connectivity index is 2.44. The summed E-state index contributed by atoms with van der Waals surface area (Å²) >= 11 is 3.39. The SMILES string of the molecule is CC1=Cc2ccc(Br)cc2C1NS(C)(=O)=O. The first kappa shape index (κ1) is 11.8. The topological polar surface area (TPSA) is 46.2 Å². The summed E-state index contributed by atoms with van der Waals surface area (Å²) in [6.07, 6.45) is 3.18. The molecule has 0 spiro atoms. The average molecular weight is 302 g/mol. The molecule has 0 amide bonds. The Bertz CT molecular complexity index is 563. The molecule has 0 radical (unpaired) electrons. The van der Waals surface area contributed by atoms with Crippen molar-refractivity contribution in [1.82, 2.24) is 4.72 Å². The van der Waals surface area contributed by atoms with E-state index >= 15 is 0 Å². The average Bonchev–Trinajstić information content (AvgIpc) is 2.42. The van der Waals surface area contributed by atoms with E-state index < -0.39 is 10.0 Å². The van der Waals surface area contributed by atoms with Crippen LogP contribution in [0.3, 0.4) is 0 Å². The summed E-state index contributed by atoms with van der Waals surface area (Å²) in [7, 11) is -3.20. The molecule has 3 nitrogen and oxygen atoms in total. The maximum Gasteiger partial charge on any atom is 0.209 e. The van der Waals surface area contributed by atoms with Crippen LogP contribution in [0.25, 0.3) is 6.08 Å². The number of benzene rings is 1. The summed E-state index contributed by atoms with van der Waals surface area (Å²) in [6, 6.07) is 5.64. The standard InChI is InChI=1S/C11H12BrNO2S/c1-7-5-8-3-4-9(12)6-10(8)11(7)13-16(2,14)15/h3-6,11,13H,1-2H3. The Morgan fingerprint density at radius 3 is 2.69 bits per heavy atom. The van der Waals surface area contributed by atoms with Crippen molar-refractivity contribution < 1.29 is 8.42 Å². The van der Waals surface area contributed by atoms with E-state index in [-0.39, 0.29) is 6.04 Å². The molecule has 1 aliphatic rings. The maximum absolute atomic E-state index is 11.3. The number of halogens is 1. The minimum atomic E-state index is -3.20. The van der Waals surface area contributed by atoms with Gasteiger partial charge in [-0.1, -0.05) is 33.6 Å². The van der Waals surface area contributed by atoms with Crippen LogP contribution in [0.4, 0.5) is 0 Å². The van der Waals surface area contributed by atoms with Gasteiger partial charge >= 0.3 is 0 Å². The maximum atomic E-state index is 11.3. The molecule has 0 bridgehead atoms. The van der Waals surface area contributed by atoms with Crippen molar-refractivity contribution in [1.29, 1.82) is 0 Å². The van der Waals surface area contributed by atoms with Crippen LogP contribution in [0.2, 0.25) is 0 Å².